The predicted molar refractivity (Wildman–Crippen MR) is 243 cm³/mol. The van der Waals surface area contributed by atoms with E-state index in [0.717, 1.165) is 104 Å². The molecule has 7 heterocycles. The van der Waals surface area contributed by atoms with Gasteiger partial charge in [-0.15, -0.1) is 10.2 Å². The second-order valence-corrected chi connectivity index (χ2v) is 15.9. The van der Waals surface area contributed by atoms with Crippen molar-refractivity contribution in [2.24, 2.45) is 0 Å². The zero-order valence-electron chi connectivity index (χ0n) is 34.6. The fourth-order valence-corrected chi connectivity index (χ4v) is 8.98. The molecule has 0 aliphatic carbocycles. The van der Waals surface area contributed by atoms with Crippen LogP contribution in [-0.4, -0.2) is 105 Å². The first-order valence-corrected chi connectivity index (χ1v) is 21.2. The molecular weight excluding hydrogens is 843 g/mol. The molecule has 4 aromatic carbocycles. The van der Waals surface area contributed by atoms with E-state index in [9.17, 15) is 4.79 Å². The van der Waals surface area contributed by atoms with Crippen molar-refractivity contribution in [2.45, 2.75) is 13.8 Å². The lowest BCUT2D eigenvalue weighted by atomic mass is 10.1. The summed E-state index contributed by atoms with van der Waals surface area (Å²) in [5.41, 5.74) is 9.79. The van der Waals surface area contributed by atoms with Gasteiger partial charge in [0.1, 0.15) is 22.7 Å². The summed E-state index contributed by atoms with van der Waals surface area (Å²) in [5, 5.41) is 11.1. The van der Waals surface area contributed by atoms with Gasteiger partial charge in [0.05, 0.1) is 88.2 Å². The van der Waals surface area contributed by atoms with Crippen LogP contribution in [0.15, 0.2) is 96.0 Å². The summed E-state index contributed by atoms with van der Waals surface area (Å²) >= 11 is 12.8. The maximum atomic E-state index is 12.6. The second-order valence-electron chi connectivity index (χ2n) is 15.1. The molecule has 0 amide bonds. The molecule has 318 valence electrons. The molecule has 17 heteroatoms. The molecule has 2 fully saturated rings. The zero-order valence-corrected chi connectivity index (χ0v) is 36.1. The van der Waals surface area contributed by atoms with Crippen molar-refractivity contribution >= 4 is 84.4 Å². The van der Waals surface area contributed by atoms with Gasteiger partial charge in [-0.2, -0.15) is 0 Å². The Bertz CT molecular complexity index is 3180. The van der Waals surface area contributed by atoms with Gasteiger partial charge in [-0.05, 0) is 62.4 Å². The fraction of sp³-hybridized carbons (Fsp3) is 0.239. The molecule has 0 N–H and O–H groups in total. The van der Waals surface area contributed by atoms with Crippen molar-refractivity contribution < 1.29 is 23.4 Å². The molecule has 2 saturated heterocycles. The minimum atomic E-state index is -0.410. The maximum Gasteiger partial charge on any atom is 0.340 e. The minimum Gasteiger partial charge on any atom is -0.465 e. The van der Waals surface area contributed by atoms with Gasteiger partial charge in [-0.3, -0.25) is 19.1 Å². The maximum absolute atomic E-state index is 12.6. The van der Waals surface area contributed by atoms with Gasteiger partial charge in [-0.1, -0.05) is 47.5 Å². The lowest BCUT2D eigenvalue weighted by molar-refractivity contribution is 0.0602. The van der Waals surface area contributed by atoms with E-state index in [1.165, 1.54) is 13.5 Å². The first-order chi connectivity index (χ1) is 30.8. The van der Waals surface area contributed by atoms with Crippen LogP contribution in [0.5, 0.6) is 0 Å². The van der Waals surface area contributed by atoms with Crippen molar-refractivity contribution in [3.05, 3.63) is 119 Å². The van der Waals surface area contributed by atoms with Crippen LogP contribution in [0.2, 0.25) is 10.0 Å². The van der Waals surface area contributed by atoms with E-state index < -0.39 is 5.97 Å². The molecule has 0 radical (unpaired) electrons. The molecule has 15 nitrogen and oxygen atoms in total. The monoisotopic (exact) mass is 882 g/mol. The van der Waals surface area contributed by atoms with E-state index in [2.05, 4.69) is 52.7 Å². The average Bonchev–Trinajstić information content (AvgIpc) is 4.06. The zero-order chi connectivity index (χ0) is 43.2. The normalized spacial score (nSPS) is 14.4. The van der Waals surface area contributed by atoms with Crippen molar-refractivity contribution in [3.63, 3.8) is 0 Å². The number of halogens is 2. The number of rotatable bonds is 6. The lowest BCUT2D eigenvalue weighted by Gasteiger charge is -2.29. The highest BCUT2D eigenvalue weighted by Crippen LogP contribution is 2.37. The Kier molecular flexibility index (Phi) is 10.8. The van der Waals surface area contributed by atoms with E-state index in [-0.39, 0.29) is 0 Å². The van der Waals surface area contributed by atoms with Gasteiger partial charge in [0.15, 0.2) is 0 Å². The number of ether oxygens (including phenoxy) is 3. The average molecular weight is 884 g/mol. The van der Waals surface area contributed by atoms with Gasteiger partial charge in [-0.25, -0.2) is 14.8 Å². The predicted octanol–water partition coefficient (Wildman–Crippen LogP) is 8.58. The van der Waals surface area contributed by atoms with Crippen molar-refractivity contribution in [1.29, 1.82) is 0 Å². The standard InChI is InChI=1S/C23H19ClN6O2.C23H21ClN4O3/c1-14-27-22-17(23-28-26-13-32-23)11-15(29-7-9-31-10-8-29)12-20(22)30(14)19-5-6-25-21-16(19)3-2-4-18(21)24;1-14-26-22-17(23(29)30-2)12-15(27-8-10-31-11-9-27)13-20(22)28(14)19-6-7-25-21-16(19)4-3-5-18(21)24/h2-6,11-13H,7-10H2,1H3;3-7,12-13H,8-11H2,1-2H3. The van der Waals surface area contributed by atoms with E-state index in [4.69, 9.17) is 51.8 Å². The number of methoxy groups -OCH3 is 1. The number of morpholine rings is 2. The Balaban J connectivity index is 0.000000150. The highest BCUT2D eigenvalue weighted by Gasteiger charge is 2.25. The van der Waals surface area contributed by atoms with E-state index >= 15 is 0 Å². The Morgan fingerprint density at radius 1 is 0.667 bits per heavy atom. The molecule has 2 aliphatic rings. The van der Waals surface area contributed by atoms with Crippen LogP contribution in [-0.2, 0) is 14.2 Å². The largest absolute Gasteiger partial charge is 0.465 e. The number of carbonyl (C=O) groups excluding carboxylic acids is 1. The summed E-state index contributed by atoms with van der Waals surface area (Å²) in [6.45, 7) is 9.74. The number of anilines is 2. The molecule has 0 unspecified atom stereocenters. The Hall–Kier alpha value is -6.65. The number of fused-ring (bicyclic) bond motifs is 4. The first kappa shape index (κ1) is 40.4. The summed E-state index contributed by atoms with van der Waals surface area (Å²) in [7, 11) is 1.39. The molecule has 0 spiro atoms. The van der Waals surface area contributed by atoms with Crippen LogP contribution < -0.4 is 9.80 Å². The number of benzene rings is 4. The summed E-state index contributed by atoms with van der Waals surface area (Å²) in [4.78, 5) is 35.7. The molecule has 11 rings (SSSR count). The molecule has 0 bridgehead atoms. The Morgan fingerprint density at radius 3 is 1.71 bits per heavy atom. The Morgan fingerprint density at radius 2 is 1.19 bits per heavy atom. The lowest BCUT2D eigenvalue weighted by Crippen LogP contribution is -2.36. The number of esters is 1. The third-order valence-corrected chi connectivity index (χ3v) is 12.1. The van der Waals surface area contributed by atoms with Crippen molar-refractivity contribution in [2.75, 3.05) is 69.5 Å². The quantitative estimate of drug-likeness (QED) is 0.147. The van der Waals surface area contributed by atoms with Gasteiger partial charge in [0.25, 0.3) is 0 Å². The number of para-hydroxylation sites is 2. The van der Waals surface area contributed by atoms with E-state index in [1.807, 2.05) is 73.0 Å². The minimum absolute atomic E-state index is 0.410. The van der Waals surface area contributed by atoms with Crippen LogP contribution in [0.3, 0.4) is 0 Å². The number of carbonyl (C=O) groups is 1. The molecule has 5 aromatic heterocycles. The number of aryl methyl sites for hydroxylation is 2. The topological polar surface area (TPSA) is 152 Å². The number of nitrogens with zero attached hydrogens (tertiary/aromatic N) is 10. The third-order valence-electron chi connectivity index (χ3n) is 11.5. The van der Waals surface area contributed by atoms with E-state index in [0.29, 0.717) is 53.4 Å². The number of hydrogen-bond acceptors (Lipinski definition) is 13. The van der Waals surface area contributed by atoms with Gasteiger partial charge in [0, 0.05) is 60.7 Å². The number of pyridine rings is 2. The number of hydrogen-bond donors (Lipinski definition) is 0. The first-order valence-electron chi connectivity index (χ1n) is 20.4. The molecule has 63 heavy (non-hydrogen) atoms. The number of imidazole rings is 2. The van der Waals surface area contributed by atoms with Crippen LogP contribution in [0, 0.1) is 13.8 Å². The fourth-order valence-electron chi connectivity index (χ4n) is 8.53. The summed E-state index contributed by atoms with van der Waals surface area (Å²) in [6.07, 6.45) is 4.85. The highest BCUT2D eigenvalue weighted by molar-refractivity contribution is 6.35. The van der Waals surface area contributed by atoms with Crippen molar-refractivity contribution in [1.82, 2.24) is 39.3 Å². The molecule has 2 aliphatic heterocycles. The SMILES string of the molecule is COC(=O)c1cc(N2CCOCC2)cc2c1nc(C)n2-c1ccnc2c(Cl)cccc12.Cc1nc2c(-c3nnco3)cc(N3CCOCC3)cc2n1-c1ccnc2c(Cl)cccc12. The van der Waals surface area contributed by atoms with Crippen LogP contribution in [0.1, 0.15) is 22.0 Å². The summed E-state index contributed by atoms with van der Waals surface area (Å²) in [5.74, 6) is 1.63. The second kappa shape index (κ2) is 16.9. The molecule has 0 atom stereocenters. The number of aromatic nitrogens is 8. The van der Waals surface area contributed by atoms with Gasteiger partial charge >= 0.3 is 5.97 Å². The smallest absolute Gasteiger partial charge is 0.340 e. The van der Waals surface area contributed by atoms with Crippen LogP contribution >= 0.6 is 23.2 Å². The highest BCUT2D eigenvalue weighted by atomic mass is 35.5. The third kappa shape index (κ3) is 7.36. The van der Waals surface area contributed by atoms with Crippen LogP contribution in [0.25, 0.3) is 66.7 Å². The molecular formula is C46H40Cl2N10O5. The van der Waals surface area contributed by atoms with Gasteiger partial charge in [0.2, 0.25) is 12.3 Å². The van der Waals surface area contributed by atoms with Gasteiger partial charge < -0.3 is 28.4 Å². The Labute approximate surface area is 370 Å². The van der Waals surface area contributed by atoms with Crippen LogP contribution in [0.4, 0.5) is 11.4 Å². The summed E-state index contributed by atoms with van der Waals surface area (Å²) < 4.78 is 25.9. The van der Waals surface area contributed by atoms with Crippen molar-refractivity contribution in [3.8, 4) is 22.8 Å². The summed E-state index contributed by atoms with van der Waals surface area (Å²) in [6, 6.07) is 23.6. The molecule has 0 saturated carbocycles. The van der Waals surface area contributed by atoms with E-state index in [1.54, 1.807) is 12.4 Å². The molecule has 9 aromatic rings.